The molecule has 0 bridgehead atoms. The molecule has 15 heavy (non-hydrogen) atoms. The van der Waals surface area contributed by atoms with Crippen molar-refractivity contribution in [2.24, 2.45) is 5.92 Å². The first-order chi connectivity index (χ1) is 7.25. The molecule has 2 unspecified atom stereocenters. The van der Waals surface area contributed by atoms with Gasteiger partial charge in [0, 0.05) is 12.1 Å². The number of nitrogens with one attached hydrogen (secondary N) is 1. The van der Waals surface area contributed by atoms with Crippen molar-refractivity contribution in [3.8, 4) is 0 Å². The van der Waals surface area contributed by atoms with Crippen LogP contribution in [-0.2, 0) is 0 Å². The number of anilines is 1. The third-order valence-corrected chi connectivity index (χ3v) is 3.08. The molecule has 1 N–H and O–H groups in total. The summed E-state index contributed by atoms with van der Waals surface area (Å²) in [6.45, 7) is 2.23. The SMILES string of the molecule is CC1CCCCC1Nc1cc(F)ncn1. The van der Waals surface area contributed by atoms with Crippen molar-refractivity contribution in [3.63, 3.8) is 0 Å². The Morgan fingerprint density at radius 3 is 2.87 bits per heavy atom. The lowest BCUT2D eigenvalue weighted by atomic mass is 9.86. The summed E-state index contributed by atoms with van der Waals surface area (Å²) < 4.78 is 12.8. The van der Waals surface area contributed by atoms with E-state index in [-0.39, 0.29) is 0 Å². The van der Waals surface area contributed by atoms with E-state index in [2.05, 4.69) is 22.2 Å². The van der Waals surface area contributed by atoms with Crippen molar-refractivity contribution < 1.29 is 4.39 Å². The van der Waals surface area contributed by atoms with E-state index in [1.54, 1.807) is 0 Å². The predicted molar refractivity (Wildman–Crippen MR) is 57.0 cm³/mol. The number of hydrogen-bond acceptors (Lipinski definition) is 3. The van der Waals surface area contributed by atoms with Crippen LogP contribution in [0.25, 0.3) is 0 Å². The molecule has 1 saturated carbocycles. The maximum atomic E-state index is 12.8. The van der Waals surface area contributed by atoms with E-state index < -0.39 is 5.95 Å². The number of nitrogens with zero attached hydrogens (tertiary/aromatic N) is 2. The van der Waals surface area contributed by atoms with Crippen molar-refractivity contribution >= 4 is 5.82 Å². The van der Waals surface area contributed by atoms with Gasteiger partial charge in [-0.25, -0.2) is 9.97 Å². The zero-order chi connectivity index (χ0) is 10.7. The van der Waals surface area contributed by atoms with Crippen molar-refractivity contribution in [3.05, 3.63) is 18.3 Å². The maximum absolute atomic E-state index is 12.8. The molecule has 0 saturated heterocycles. The first-order valence-electron chi connectivity index (χ1n) is 5.50. The first-order valence-corrected chi connectivity index (χ1v) is 5.50. The molecule has 4 heteroatoms. The molecular weight excluding hydrogens is 193 g/mol. The highest BCUT2D eigenvalue weighted by Gasteiger charge is 2.21. The highest BCUT2D eigenvalue weighted by atomic mass is 19.1. The van der Waals surface area contributed by atoms with Gasteiger partial charge in [0.1, 0.15) is 12.1 Å². The molecule has 0 aromatic carbocycles. The third-order valence-electron chi connectivity index (χ3n) is 3.08. The molecule has 1 heterocycles. The molecule has 1 aliphatic rings. The largest absolute Gasteiger partial charge is 0.367 e. The van der Waals surface area contributed by atoms with Gasteiger partial charge in [0.05, 0.1) is 0 Å². The lowest BCUT2D eigenvalue weighted by molar-refractivity contribution is 0.349. The van der Waals surface area contributed by atoms with E-state index in [1.807, 2.05) is 0 Å². The summed E-state index contributed by atoms with van der Waals surface area (Å²) in [5, 5.41) is 3.28. The van der Waals surface area contributed by atoms with Crippen LogP contribution in [0, 0.1) is 11.9 Å². The number of hydrogen-bond donors (Lipinski definition) is 1. The van der Waals surface area contributed by atoms with Crippen LogP contribution in [-0.4, -0.2) is 16.0 Å². The van der Waals surface area contributed by atoms with Crippen LogP contribution in [0.4, 0.5) is 10.2 Å². The Labute approximate surface area is 89.1 Å². The molecule has 1 fully saturated rings. The van der Waals surface area contributed by atoms with Gasteiger partial charge < -0.3 is 5.32 Å². The molecular formula is C11H16FN3. The van der Waals surface area contributed by atoms with Crippen LogP contribution in [0.2, 0.25) is 0 Å². The van der Waals surface area contributed by atoms with E-state index in [0.29, 0.717) is 17.8 Å². The Morgan fingerprint density at radius 1 is 1.33 bits per heavy atom. The summed E-state index contributed by atoms with van der Waals surface area (Å²) in [6.07, 6.45) is 6.19. The molecule has 2 atom stereocenters. The molecule has 1 aliphatic carbocycles. The quantitative estimate of drug-likeness (QED) is 0.761. The molecule has 0 amide bonds. The molecule has 1 aromatic heterocycles. The highest BCUT2D eigenvalue weighted by Crippen LogP contribution is 2.26. The van der Waals surface area contributed by atoms with Gasteiger partial charge in [-0.15, -0.1) is 0 Å². The summed E-state index contributed by atoms with van der Waals surface area (Å²) in [4.78, 5) is 7.44. The predicted octanol–water partition coefficient (Wildman–Crippen LogP) is 2.61. The van der Waals surface area contributed by atoms with Crippen molar-refractivity contribution in [2.45, 2.75) is 38.6 Å². The minimum atomic E-state index is -0.476. The van der Waals surface area contributed by atoms with Gasteiger partial charge in [0.25, 0.3) is 0 Å². The van der Waals surface area contributed by atoms with Crippen LogP contribution in [0.1, 0.15) is 32.6 Å². The molecule has 0 aliphatic heterocycles. The Hall–Kier alpha value is -1.19. The lowest BCUT2D eigenvalue weighted by Gasteiger charge is -2.29. The summed E-state index contributed by atoms with van der Waals surface area (Å²) in [6, 6.07) is 1.77. The molecule has 82 valence electrons. The smallest absolute Gasteiger partial charge is 0.217 e. The molecule has 2 rings (SSSR count). The summed E-state index contributed by atoms with van der Waals surface area (Å²) in [5.41, 5.74) is 0. The van der Waals surface area contributed by atoms with Crippen molar-refractivity contribution in [1.29, 1.82) is 0 Å². The fourth-order valence-corrected chi connectivity index (χ4v) is 2.13. The monoisotopic (exact) mass is 209 g/mol. The van der Waals surface area contributed by atoms with E-state index in [1.165, 1.54) is 31.7 Å². The van der Waals surface area contributed by atoms with Gasteiger partial charge in [-0.3, -0.25) is 0 Å². The van der Waals surface area contributed by atoms with Gasteiger partial charge in [-0.1, -0.05) is 19.8 Å². The van der Waals surface area contributed by atoms with Crippen molar-refractivity contribution in [2.75, 3.05) is 5.32 Å². The van der Waals surface area contributed by atoms with Crippen LogP contribution < -0.4 is 5.32 Å². The summed E-state index contributed by atoms with van der Waals surface area (Å²) >= 11 is 0. The zero-order valence-corrected chi connectivity index (χ0v) is 8.91. The second-order valence-corrected chi connectivity index (χ2v) is 4.24. The average molecular weight is 209 g/mol. The maximum Gasteiger partial charge on any atom is 0.217 e. The van der Waals surface area contributed by atoms with Crippen molar-refractivity contribution in [1.82, 2.24) is 9.97 Å². The van der Waals surface area contributed by atoms with E-state index in [0.717, 1.165) is 6.42 Å². The number of rotatable bonds is 2. The lowest BCUT2D eigenvalue weighted by Crippen LogP contribution is -2.30. The van der Waals surface area contributed by atoms with E-state index in [9.17, 15) is 4.39 Å². The Balaban J connectivity index is 2.01. The van der Waals surface area contributed by atoms with E-state index >= 15 is 0 Å². The Kier molecular flexibility index (Phi) is 3.14. The Bertz CT molecular complexity index is 329. The topological polar surface area (TPSA) is 37.8 Å². The fraction of sp³-hybridized carbons (Fsp3) is 0.636. The molecule has 0 spiro atoms. The highest BCUT2D eigenvalue weighted by molar-refractivity contribution is 5.33. The van der Waals surface area contributed by atoms with Crippen LogP contribution in [0.5, 0.6) is 0 Å². The normalized spacial score (nSPS) is 26.3. The minimum Gasteiger partial charge on any atom is -0.367 e. The van der Waals surface area contributed by atoms with Gasteiger partial charge >= 0.3 is 0 Å². The van der Waals surface area contributed by atoms with Crippen LogP contribution in [0.3, 0.4) is 0 Å². The summed E-state index contributed by atoms with van der Waals surface area (Å²) in [5.74, 6) is 0.758. The van der Waals surface area contributed by atoms with Crippen LogP contribution >= 0.6 is 0 Å². The van der Waals surface area contributed by atoms with Crippen LogP contribution in [0.15, 0.2) is 12.4 Å². The molecule has 0 radical (unpaired) electrons. The van der Waals surface area contributed by atoms with Gasteiger partial charge in [-0.05, 0) is 18.8 Å². The second kappa shape index (κ2) is 4.55. The second-order valence-electron chi connectivity index (χ2n) is 4.24. The van der Waals surface area contributed by atoms with E-state index in [4.69, 9.17) is 0 Å². The van der Waals surface area contributed by atoms with Gasteiger partial charge in [0.2, 0.25) is 5.95 Å². The standard InChI is InChI=1S/C11H16FN3/c1-8-4-2-3-5-9(8)15-11-6-10(12)13-7-14-11/h6-9H,2-5H2,1H3,(H,13,14,15). The number of aromatic nitrogens is 2. The van der Waals surface area contributed by atoms with Gasteiger partial charge in [-0.2, -0.15) is 4.39 Å². The Morgan fingerprint density at radius 2 is 2.13 bits per heavy atom. The molecule has 1 aromatic rings. The first kappa shape index (κ1) is 10.3. The summed E-state index contributed by atoms with van der Waals surface area (Å²) in [7, 11) is 0. The minimum absolute atomic E-state index is 0.424. The third kappa shape index (κ3) is 2.64. The zero-order valence-electron chi connectivity index (χ0n) is 8.91. The van der Waals surface area contributed by atoms with Gasteiger partial charge in [0.15, 0.2) is 0 Å². The molecule has 3 nitrogen and oxygen atoms in total. The number of halogens is 1. The average Bonchev–Trinajstić information content (AvgIpc) is 2.22. The fourth-order valence-electron chi connectivity index (χ4n) is 2.13.